The van der Waals surface area contributed by atoms with Gasteiger partial charge in [0.1, 0.15) is 5.75 Å². The van der Waals surface area contributed by atoms with Crippen LogP contribution in [0.3, 0.4) is 0 Å². The van der Waals surface area contributed by atoms with E-state index in [2.05, 4.69) is 35.4 Å². The Morgan fingerprint density at radius 3 is 2.47 bits per heavy atom. The van der Waals surface area contributed by atoms with Crippen molar-refractivity contribution in [2.45, 2.75) is 45.1 Å². The predicted molar refractivity (Wildman–Crippen MR) is 118 cm³/mol. The second kappa shape index (κ2) is 12.1. The number of hydrogen-bond acceptors (Lipinski definition) is 5. The quantitative estimate of drug-likeness (QED) is 0.547. The number of nitrogens with zero attached hydrogens (tertiary/aromatic N) is 1. The van der Waals surface area contributed by atoms with E-state index in [4.69, 9.17) is 10.2 Å². The first-order valence-electron chi connectivity index (χ1n) is 10.1. The molecule has 1 aliphatic rings. The molecule has 0 bridgehead atoms. The molecule has 0 amide bonds. The van der Waals surface area contributed by atoms with Crippen LogP contribution in [0, 0.1) is 0 Å². The average molecular weight is 432 g/mol. The van der Waals surface area contributed by atoms with Gasteiger partial charge in [-0.05, 0) is 67.3 Å². The summed E-state index contributed by atoms with van der Waals surface area (Å²) in [6.07, 6.45) is 6.72. The molecule has 0 aliphatic heterocycles. The molecule has 0 saturated carbocycles. The maximum Gasteiger partial charge on any atom is 0.328 e. The van der Waals surface area contributed by atoms with Crippen molar-refractivity contribution < 1.29 is 24.9 Å². The zero-order chi connectivity index (χ0) is 21.9. The minimum Gasteiger partial charge on any atom is -0.508 e. The number of aliphatic carboxylic acids is 2. The molecule has 162 valence electrons. The maximum absolute atomic E-state index is 10.0. The smallest absolute Gasteiger partial charge is 0.328 e. The van der Waals surface area contributed by atoms with E-state index in [1.807, 2.05) is 23.5 Å². The number of phenols is 1. The highest BCUT2D eigenvalue weighted by Gasteiger charge is 2.25. The molecule has 0 fully saturated rings. The summed E-state index contributed by atoms with van der Waals surface area (Å²) < 4.78 is 0. The zero-order valence-electron chi connectivity index (χ0n) is 17.2. The van der Waals surface area contributed by atoms with Gasteiger partial charge in [-0.15, -0.1) is 11.3 Å². The van der Waals surface area contributed by atoms with Gasteiger partial charge in [-0.25, -0.2) is 9.59 Å². The Kier molecular flexibility index (Phi) is 9.57. The van der Waals surface area contributed by atoms with Gasteiger partial charge in [0.25, 0.3) is 0 Å². The van der Waals surface area contributed by atoms with Crippen molar-refractivity contribution in [2.24, 2.45) is 0 Å². The molecule has 7 heteroatoms. The van der Waals surface area contributed by atoms with Crippen LogP contribution in [-0.2, 0) is 28.9 Å². The van der Waals surface area contributed by atoms with Gasteiger partial charge in [-0.2, -0.15) is 0 Å². The molecule has 0 saturated heterocycles. The lowest BCUT2D eigenvalue weighted by Gasteiger charge is -2.35. The molecule has 0 unspecified atom stereocenters. The molecule has 1 aromatic carbocycles. The van der Waals surface area contributed by atoms with Crippen LogP contribution < -0.4 is 0 Å². The molecule has 2 aromatic rings. The van der Waals surface area contributed by atoms with E-state index in [1.165, 1.54) is 29.0 Å². The second-order valence-corrected chi connectivity index (χ2v) is 8.22. The number of rotatable bonds is 8. The first-order chi connectivity index (χ1) is 14.4. The van der Waals surface area contributed by atoms with Crippen molar-refractivity contribution in [1.29, 1.82) is 0 Å². The number of carbonyl (C=O) groups is 2. The number of carboxylic acid groups (broad SMARTS) is 2. The zero-order valence-corrected chi connectivity index (χ0v) is 18.0. The summed E-state index contributed by atoms with van der Waals surface area (Å²) in [5, 5.41) is 27.8. The normalized spacial score (nSPS) is 15.5. The monoisotopic (exact) mass is 431 g/mol. The highest BCUT2D eigenvalue weighted by atomic mass is 32.1. The van der Waals surface area contributed by atoms with Crippen LogP contribution in [0.2, 0.25) is 0 Å². The molecule has 0 spiro atoms. The van der Waals surface area contributed by atoms with Gasteiger partial charge in [0, 0.05) is 29.6 Å². The number of aromatic hydroxyl groups is 1. The summed E-state index contributed by atoms with van der Waals surface area (Å²) >= 11 is 1.86. The molecule has 1 aliphatic carbocycles. The summed E-state index contributed by atoms with van der Waals surface area (Å²) in [6.45, 7) is 4.58. The number of fused-ring (bicyclic) bond motifs is 1. The van der Waals surface area contributed by atoms with Gasteiger partial charge in [0.2, 0.25) is 0 Å². The van der Waals surface area contributed by atoms with E-state index < -0.39 is 11.9 Å². The standard InChI is InChI=1S/C19H25NOS.C4H4O4/c1-2-11-20(12-10-17-6-4-13-22-17)16-8-9-18-15(14-16)5-3-7-19(18)21;5-3(6)1-2-4(7)8/h3-7,13,16,21H,2,8-12,14H2,1H3;1-2H,(H,5,6)(H,7,8)/b;2-1+/t16-;/m0./s1. The number of hydrogen-bond donors (Lipinski definition) is 3. The van der Waals surface area contributed by atoms with Gasteiger partial charge in [-0.1, -0.05) is 25.1 Å². The fourth-order valence-electron chi connectivity index (χ4n) is 3.69. The van der Waals surface area contributed by atoms with Crippen LogP contribution >= 0.6 is 11.3 Å². The highest BCUT2D eigenvalue weighted by Crippen LogP contribution is 2.30. The second-order valence-electron chi connectivity index (χ2n) is 7.19. The molecular formula is C23H29NO5S. The Bertz CT molecular complexity index is 831. The fraction of sp³-hybridized carbons (Fsp3) is 0.391. The molecule has 1 atom stereocenters. The predicted octanol–water partition coefficient (Wildman–Crippen LogP) is 3.98. The molecular weight excluding hydrogens is 402 g/mol. The third-order valence-electron chi connectivity index (χ3n) is 5.05. The molecule has 1 heterocycles. The van der Waals surface area contributed by atoms with Crippen molar-refractivity contribution in [3.8, 4) is 5.75 Å². The number of phenolic OH excluding ortho intramolecular Hbond substituents is 1. The summed E-state index contributed by atoms with van der Waals surface area (Å²) in [6, 6.07) is 11.0. The topological polar surface area (TPSA) is 98.1 Å². The van der Waals surface area contributed by atoms with E-state index in [1.54, 1.807) is 0 Å². The molecule has 0 radical (unpaired) electrons. The van der Waals surface area contributed by atoms with Gasteiger partial charge in [0.15, 0.2) is 0 Å². The van der Waals surface area contributed by atoms with Crippen molar-refractivity contribution >= 4 is 23.3 Å². The Morgan fingerprint density at radius 2 is 1.87 bits per heavy atom. The van der Waals surface area contributed by atoms with Crippen LogP contribution in [-0.4, -0.2) is 51.3 Å². The Morgan fingerprint density at radius 1 is 1.13 bits per heavy atom. The van der Waals surface area contributed by atoms with Crippen LogP contribution in [0.15, 0.2) is 47.9 Å². The third kappa shape index (κ3) is 7.65. The van der Waals surface area contributed by atoms with Crippen LogP contribution in [0.5, 0.6) is 5.75 Å². The van der Waals surface area contributed by atoms with E-state index in [-0.39, 0.29) is 0 Å². The summed E-state index contributed by atoms with van der Waals surface area (Å²) in [7, 11) is 0. The lowest BCUT2D eigenvalue weighted by Crippen LogP contribution is -2.41. The summed E-state index contributed by atoms with van der Waals surface area (Å²) in [5.41, 5.74) is 2.52. The van der Waals surface area contributed by atoms with Crippen molar-refractivity contribution in [1.82, 2.24) is 4.90 Å². The Hall–Kier alpha value is -2.64. The first kappa shape index (κ1) is 23.6. The minimum atomic E-state index is -1.26. The lowest BCUT2D eigenvalue weighted by molar-refractivity contribution is -0.134. The molecule has 1 aromatic heterocycles. The molecule has 6 nitrogen and oxygen atoms in total. The lowest BCUT2D eigenvalue weighted by atomic mass is 9.86. The van der Waals surface area contributed by atoms with Gasteiger partial charge in [0.05, 0.1) is 0 Å². The summed E-state index contributed by atoms with van der Waals surface area (Å²) in [4.78, 5) is 23.2. The summed E-state index contributed by atoms with van der Waals surface area (Å²) in [5.74, 6) is -2.03. The number of carboxylic acids is 2. The average Bonchev–Trinajstić information content (AvgIpc) is 3.23. The molecule has 3 rings (SSSR count). The maximum atomic E-state index is 10.0. The van der Waals surface area contributed by atoms with Crippen molar-refractivity contribution in [2.75, 3.05) is 13.1 Å². The number of benzene rings is 1. The van der Waals surface area contributed by atoms with E-state index in [0.717, 1.165) is 32.2 Å². The van der Waals surface area contributed by atoms with Crippen LogP contribution in [0.4, 0.5) is 0 Å². The SMILES string of the molecule is CCCN(CCc1cccs1)[C@H]1CCc2c(O)cccc2C1.O=C(O)/C=C/C(=O)O. The van der Waals surface area contributed by atoms with Gasteiger partial charge in [-0.3, -0.25) is 4.90 Å². The fourth-order valence-corrected chi connectivity index (χ4v) is 4.39. The van der Waals surface area contributed by atoms with Crippen LogP contribution in [0.25, 0.3) is 0 Å². The van der Waals surface area contributed by atoms with E-state index in [9.17, 15) is 14.7 Å². The molecule has 30 heavy (non-hydrogen) atoms. The van der Waals surface area contributed by atoms with Gasteiger partial charge < -0.3 is 15.3 Å². The third-order valence-corrected chi connectivity index (χ3v) is 5.99. The first-order valence-corrected chi connectivity index (χ1v) is 11.0. The largest absolute Gasteiger partial charge is 0.508 e. The van der Waals surface area contributed by atoms with Crippen molar-refractivity contribution in [3.63, 3.8) is 0 Å². The van der Waals surface area contributed by atoms with Gasteiger partial charge >= 0.3 is 11.9 Å². The van der Waals surface area contributed by atoms with E-state index >= 15 is 0 Å². The Labute approximate surface area is 181 Å². The Balaban J connectivity index is 0.000000343. The molecule has 3 N–H and O–H groups in total. The highest BCUT2D eigenvalue weighted by molar-refractivity contribution is 7.09. The minimum absolute atomic E-state index is 0.483. The van der Waals surface area contributed by atoms with Crippen molar-refractivity contribution in [3.05, 3.63) is 63.9 Å². The van der Waals surface area contributed by atoms with E-state index in [0.29, 0.717) is 23.9 Å². The van der Waals surface area contributed by atoms with Crippen LogP contribution in [0.1, 0.15) is 35.8 Å². The number of thiophene rings is 1.